The zero-order valence-electron chi connectivity index (χ0n) is 87.1. The summed E-state index contributed by atoms with van der Waals surface area (Å²) in [6, 6.07) is 131. The first kappa shape index (κ1) is 74.9. The van der Waals surface area contributed by atoms with Crippen LogP contribution in [-0.4, -0.2) is 59.8 Å². The second kappa shape index (κ2) is 41.5. The lowest BCUT2D eigenvalue weighted by atomic mass is 9.97. The van der Waals surface area contributed by atoms with Gasteiger partial charge < -0.3 is 0 Å². The van der Waals surface area contributed by atoms with Crippen LogP contribution in [0.15, 0.2) is 485 Å². The third-order valence-corrected chi connectivity index (χ3v) is 24.0. The van der Waals surface area contributed by atoms with Gasteiger partial charge in [-0.1, -0.05) is 412 Å². The lowest BCUT2D eigenvalue weighted by Crippen LogP contribution is -1.97. The molecule has 24 rings (SSSR count). The first-order valence-electron chi connectivity index (χ1n) is 51.0. The molecular formula is C124H80Cl4N12. The normalized spacial score (nSPS) is 12.3. The van der Waals surface area contributed by atoms with E-state index < -0.39 is 36.3 Å². The van der Waals surface area contributed by atoms with Crippen molar-refractivity contribution in [3.05, 3.63) is 506 Å². The third kappa shape index (κ3) is 21.0. The Hall–Kier alpha value is -17.4. The molecule has 0 aliphatic rings. The highest BCUT2D eigenvalue weighted by Crippen LogP contribution is 2.39. The standard InChI is InChI=1S/4C31H20ClN3/c4*32-31-34-29(22-10-5-2-6-11-22)33-30(35-31)28-13-7-12-23(20-28)25-16-17-26-18-24(14-15-27(26)19-25)21-8-3-1-4-9-21/h4*1-20H/i2D,5D,6D,10D,11D;1D,3D,4D,8D,9D;12D,13D,20D;. The van der Waals surface area contributed by atoms with Crippen molar-refractivity contribution in [2.45, 2.75) is 0 Å². The molecule has 16 heteroatoms. The number of hydrogen-bond donors (Lipinski definition) is 0. The number of aromatic nitrogens is 12. The smallest absolute Gasteiger partial charge is 0.208 e. The number of hydrogen-bond acceptors (Lipinski definition) is 12. The number of fused-ring (bicyclic) bond motifs is 4. The van der Waals surface area contributed by atoms with E-state index >= 15 is 0 Å². The van der Waals surface area contributed by atoms with E-state index in [1.165, 1.54) is 33.5 Å². The second-order valence-electron chi connectivity index (χ2n) is 32.4. The average Bonchev–Trinajstić information content (AvgIpc) is 0.763. The van der Waals surface area contributed by atoms with Gasteiger partial charge in [0.1, 0.15) is 0 Å². The molecule has 0 radical (unpaired) electrons. The van der Waals surface area contributed by atoms with Crippen molar-refractivity contribution in [3.8, 4) is 180 Å². The number of halogens is 4. The lowest BCUT2D eigenvalue weighted by Gasteiger charge is -2.09. The van der Waals surface area contributed by atoms with Gasteiger partial charge in [-0.3, -0.25) is 0 Å². The van der Waals surface area contributed by atoms with Crippen LogP contribution in [-0.2, 0) is 0 Å². The van der Waals surface area contributed by atoms with Crippen molar-refractivity contribution in [2.75, 3.05) is 0 Å². The summed E-state index contributed by atoms with van der Waals surface area (Å²) in [4.78, 5) is 52.5. The first-order valence-corrected chi connectivity index (χ1v) is 46.0. The molecule has 24 aromatic rings. The molecule has 0 aliphatic heterocycles. The molecule has 140 heavy (non-hydrogen) atoms. The van der Waals surface area contributed by atoms with Gasteiger partial charge in [0.05, 0.1) is 17.8 Å². The van der Waals surface area contributed by atoms with Crippen molar-refractivity contribution in [3.63, 3.8) is 0 Å². The predicted molar refractivity (Wildman–Crippen MR) is 576 cm³/mol. The maximum absolute atomic E-state index is 9.02. The van der Waals surface area contributed by atoms with E-state index in [-0.39, 0.29) is 97.6 Å². The maximum atomic E-state index is 9.02. The zero-order chi connectivity index (χ0) is 106. The minimum Gasteiger partial charge on any atom is -0.208 e. The Morgan fingerprint density at radius 3 is 0.600 bits per heavy atom. The van der Waals surface area contributed by atoms with Crippen molar-refractivity contribution in [2.24, 2.45) is 0 Å². The Morgan fingerprint density at radius 1 is 0.129 bits per heavy atom. The van der Waals surface area contributed by atoms with Crippen LogP contribution in [0, 0.1) is 0 Å². The topological polar surface area (TPSA) is 155 Å². The number of benzene rings is 20. The van der Waals surface area contributed by atoms with E-state index in [1.807, 2.05) is 243 Å². The molecule has 4 heterocycles. The van der Waals surface area contributed by atoms with Gasteiger partial charge in [-0.15, -0.1) is 0 Å². The Kier molecular flexibility index (Phi) is 22.2. The monoisotopic (exact) mass is 1890 g/mol. The molecule has 0 saturated carbocycles. The van der Waals surface area contributed by atoms with Crippen LogP contribution in [0.1, 0.15) is 17.8 Å². The molecule has 0 atom stereocenters. The highest BCUT2D eigenvalue weighted by Gasteiger charge is 2.19. The molecule has 20 aromatic carbocycles. The van der Waals surface area contributed by atoms with E-state index in [1.54, 1.807) is 6.07 Å². The van der Waals surface area contributed by atoms with E-state index in [0.717, 1.165) is 110 Å². The summed E-state index contributed by atoms with van der Waals surface area (Å²) in [6.07, 6.45) is 0. The van der Waals surface area contributed by atoms with Crippen LogP contribution in [0.5, 0.6) is 0 Å². The Bertz CT molecular complexity index is 9430. The molecular weight excluding hydrogens is 1800 g/mol. The van der Waals surface area contributed by atoms with Crippen LogP contribution >= 0.6 is 46.4 Å². The molecule has 0 aliphatic carbocycles. The van der Waals surface area contributed by atoms with Gasteiger partial charge in [-0.25, -0.2) is 19.9 Å². The molecule has 664 valence electrons. The summed E-state index contributed by atoms with van der Waals surface area (Å²) < 4.78 is 107. The Morgan fingerprint density at radius 2 is 0.321 bits per heavy atom. The maximum Gasteiger partial charge on any atom is 0.226 e. The summed E-state index contributed by atoms with van der Waals surface area (Å²) in [5.41, 5.74) is 19.9. The highest BCUT2D eigenvalue weighted by molar-refractivity contribution is 6.29. The van der Waals surface area contributed by atoms with E-state index in [2.05, 4.69) is 206 Å². The summed E-state index contributed by atoms with van der Waals surface area (Å²) in [6.45, 7) is 0. The fourth-order valence-electron chi connectivity index (χ4n) is 16.3. The predicted octanol–water partition coefficient (Wildman–Crippen LogP) is 33.4. The van der Waals surface area contributed by atoms with Gasteiger partial charge in [-0.2, -0.15) is 39.9 Å². The minimum absolute atomic E-state index is 0.00374. The fraction of sp³-hybridized carbons (Fsp3) is 0. The van der Waals surface area contributed by atoms with Gasteiger partial charge in [-0.05, 0) is 251 Å². The quantitative estimate of drug-likeness (QED) is 0.0904. The van der Waals surface area contributed by atoms with Gasteiger partial charge in [0.25, 0.3) is 0 Å². The van der Waals surface area contributed by atoms with Crippen molar-refractivity contribution in [1.82, 2.24) is 59.8 Å². The Balaban J connectivity index is 0.000000119. The molecule has 0 bridgehead atoms. The average molecular weight is 1890 g/mol. The SMILES string of the molecule is Clc1nc(-c2ccccc2)nc(-c2cccc(-c3ccc4cc(-c5ccccc5)ccc4c3)c2)n1.[2H]c1c([2H])c([2H])c(-c2ccc3cc(-c4cccc(-c5nc(Cl)nc(-c6ccccc6)n5)c4)ccc3c2)c([2H])c1[2H].[2H]c1c([2H])c([2H])c(-c2nc(Cl)nc(-c3cccc(-c4ccc5cc(-c6ccccc6)ccc5c4)c3)n2)c([2H])c1[2H].[2H]c1cc([2H])c(-c2nc(Cl)nc(-c3ccccc3)n2)c([2H])c1-c1ccc2cc(-c3ccccc3)ccc2c1. The molecule has 0 fully saturated rings. The van der Waals surface area contributed by atoms with Crippen LogP contribution in [0.4, 0.5) is 0 Å². The van der Waals surface area contributed by atoms with E-state index in [0.29, 0.717) is 51.4 Å². The van der Waals surface area contributed by atoms with Gasteiger partial charge in [0.2, 0.25) is 21.1 Å². The molecule has 4 aromatic heterocycles. The van der Waals surface area contributed by atoms with Gasteiger partial charge >= 0.3 is 0 Å². The second-order valence-corrected chi connectivity index (χ2v) is 33.7. The molecule has 0 N–H and O–H groups in total. The largest absolute Gasteiger partial charge is 0.226 e. The first-order chi connectivity index (χ1) is 74.3. The summed E-state index contributed by atoms with van der Waals surface area (Å²) in [7, 11) is 0. The number of nitrogens with zero attached hydrogens (tertiary/aromatic N) is 12. The molecule has 12 nitrogen and oxygen atoms in total. The molecule has 0 unspecified atom stereocenters. The fourth-order valence-corrected chi connectivity index (χ4v) is 17.0. The minimum atomic E-state index is -0.487. The van der Waals surface area contributed by atoms with Gasteiger partial charge in [0, 0.05) is 44.5 Å². The van der Waals surface area contributed by atoms with Gasteiger partial charge in [0.15, 0.2) is 46.6 Å². The third-order valence-electron chi connectivity index (χ3n) is 23.3. The van der Waals surface area contributed by atoms with Crippen molar-refractivity contribution in [1.29, 1.82) is 0 Å². The lowest BCUT2D eigenvalue weighted by molar-refractivity contribution is 1.07. The molecule has 0 amide bonds. The van der Waals surface area contributed by atoms with Crippen LogP contribution in [0.3, 0.4) is 0 Å². The Labute approximate surface area is 847 Å². The van der Waals surface area contributed by atoms with E-state index in [4.69, 9.17) is 69.2 Å². The van der Waals surface area contributed by atoms with Crippen LogP contribution in [0.2, 0.25) is 21.1 Å². The molecule has 0 saturated heterocycles. The molecule has 0 spiro atoms. The summed E-state index contributed by atoms with van der Waals surface area (Å²) >= 11 is 25.0. The van der Waals surface area contributed by atoms with Crippen molar-refractivity contribution < 1.29 is 17.8 Å². The highest BCUT2D eigenvalue weighted by atomic mass is 35.5. The number of rotatable bonds is 16. The van der Waals surface area contributed by atoms with E-state index in [9.17, 15) is 0 Å². The zero-order valence-corrected chi connectivity index (χ0v) is 77.1. The summed E-state index contributed by atoms with van der Waals surface area (Å²) in [5.74, 6) is 2.73. The van der Waals surface area contributed by atoms with Crippen molar-refractivity contribution >= 4 is 89.5 Å². The van der Waals surface area contributed by atoms with Crippen LogP contribution < -0.4 is 0 Å². The summed E-state index contributed by atoms with van der Waals surface area (Å²) in [5, 5.41) is 8.67. The van der Waals surface area contributed by atoms with Crippen LogP contribution in [0.25, 0.3) is 223 Å².